The van der Waals surface area contributed by atoms with Crippen LogP contribution in [0.25, 0.3) is 0 Å². The smallest absolute Gasteiger partial charge is 0.410 e. The number of nitrogens with zero attached hydrogens (tertiary/aromatic N) is 2. The van der Waals surface area contributed by atoms with Gasteiger partial charge in [0.15, 0.2) is 0 Å². The first-order valence-corrected chi connectivity index (χ1v) is 9.18. The van der Waals surface area contributed by atoms with E-state index in [4.69, 9.17) is 4.74 Å². The molecule has 0 aliphatic carbocycles. The third kappa shape index (κ3) is 6.54. The second-order valence-corrected chi connectivity index (χ2v) is 7.69. The van der Waals surface area contributed by atoms with E-state index in [2.05, 4.69) is 15.8 Å². The Morgan fingerprint density at radius 1 is 1.22 bits per heavy atom. The molecular weight excluding hydrogens is 348 g/mol. The fraction of sp³-hybridized carbons (Fsp3) is 0.579. The van der Waals surface area contributed by atoms with Crippen LogP contribution in [0.1, 0.15) is 62.6 Å². The Labute approximate surface area is 159 Å². The maximum atomic E-state index is 12.4. The van der Waals surface area contributed by atoms with Crippen LogP contribution in [0.4, 0.5) is 4.79 Å². The monoisotopic (exact) mass is 376 g/mol. The van der Waals surface area contributed by atoms with Crippen molar-refractivity contribution in [3.8, 4) is 0 Å². The van der Waals surface area contributed by atoms with Gasteiger partial charge >= 0.3 is 6.09 Å². The van der Waals surface area contributed by atoms with Crippen molar-refractivity contribution in [3.05, 3.63) is 29.6 Å². The van der Waals surface area contributed by atoms with E-state index in [1.807, 2.05) is 20.8 Å². The van der Waals surface area contributed by atoms with Crippen LogP contribution in [0.5, 0.6) is 0 Å². The van der Waals surface area contributed by atoms with Crippen molar-refractivity contribution >= 4 is 17.9 Å². The highest BCUT2D eigenvalue weighted by Crippen LogP contribution is 2.22. The first-order valence-electron chi connectivity index (χ1n) is 9.18. The molecule has 1 aliphatic heterocycles. The Balaban J connectivity index is 1.89. The number of aryl methyl sites for hydroxylation is 1. The Hall–Kier alpha value is -2.64. The zero-order chi connectivity index (χ0) is 20.0. The highest BCUT2D eigenvalue weighted by Gasteiger charge is 2.31. The predicted molar refractivity (Wildman–Crippen MR) is 99.8 cm³/mol. The molecule has 1 aromatic rings. The number of carbonyl (C=O) groups is 3. The van der Waals surface area contributed by atoms with Crippen molar-refractivity contribution in [2.45, 2.75) is 65.0 Å². The highest BCUT2D eigenvalue weighted by atomic mass is 16.6. The number of hydrogen-bond acceptors (Lipinski definition) is 5. The normalized spacial score (nSPS) is 17.2. The summed E-state index contributed by atoms with van der Waals surface area (Å²) < 4.78 is 5.43. The van der Waals surface area contributed by atoms with E-state index >= 15 is 0 Å². The number of pyridine rings is 1. The molecule has 2 N–H and O–H groups in total. The summed E-state index contributed by atoms with van der Waals surface area (Å²) in [4.78, 5) is 42.4. The molecule has 3 amide bonds. The van der Waals surface area contributed by atoms with E-state index in [0.717, 1.165) is 19.3 Å². The number of ether oxygens (including phenoxy) is 1. The topological polar surface area (TPSA) is 101 Å². The van der Waals surface area contributed by atoms with Gasteiger partial charge in [0, 0.05) is 24.7 Å². The lowest BCUT2D eigenvalue weighted by Crippen LogP contribution is -2.49. The molecule has 1 atom stereocenters. The first-order chi connectivity index (χ1) is 12.7. The molecular formula is C19H28N4O4. The summed E-state index contributed by atoms with van der Waals surface area (Å²) in [5.74, 6) is -0.851. The Kier molecular flexibility index (Phi) is 6.76. The molecule has 0 radical (unpaired) electrons. The van der Waals surface area contributed by atoms with Gasteiger partial charge < -0.3 is 9.64 Å². The van der Waals surface area contributed by atoms with Crippen LogP contribution in [-0.2, 0) is 9.53 Å². The number of nitrogens with one attached hydrogen (secondary N) is 2. The molecule has 2 rings (SSSR count). The first kappa shape index (κ1) is 20.7. The van der Waals surface area contributed by atoms with Crippen LogP contribution in [0, 0.1) is 6.92 Å². The molecule has 0 saturated carbocycles. The lowest BCUT2D eigenvalue weighted by molar-refractivity contribution is -0.123. The van der Waals surface area contributed by atoms with E-state index in [-0.39, 0.29) is 24.1 Å². The standard InChI is InChI=1S/C19H28N4O4/c1-13-8-7-10-15(20-13)17(25)22-21-16(24)12-14-9-5-6-11-23(14)18(26)27-19(2,3)4/h7-8,10,14H,5-6,9,11-12H2,1-4H3,(H,21,24)(H,22,25). The van der Waals surface area contributed by atoms with Gasteiger partial charge in [0.25, 0.3) is 5.91 Å². The van der Waals surface area contributed by atoms with Gasteiger partial charge in [0.05, 0.1) is 0 Å². The number of piperidine rings is 1. The number of likely N-dealkylation sites (tertiary alicyclic amines) is 1. The van der Waals surface area contributed by atoms with Crippen molar-refractivity contribution < 1.29 is 19.1 Å². The van der Waals surface area contributed by atoms with Crippen molar-refractivity contribution in [2.75, 3.05) is 6.54 Å². The number of aromatic nitrogens is 1. The van der Waals surface area contributed by atoms with Gasteiger partial charge in [-0.15, -0.1) is 0 Å². The molecule has 1 saturated heterocycles. The van der Waals surface area contributed by atoms with Crippen LogP contribution in [-0.4, -0.2) is 46.0 Å². The molecule has 2 heterocycles. The molecule has 1 aromatic heterocycles. The number of rotatable bonds is 3. The second-order valence-electron chi connectivity index (χ2n) is 7.69. The molecule has 0 aromatic carbocycles. The molecule has 0 spiro atoms. The van der Waals surface area contributed by atoms with E-state index in [1.165, 1.54) is 0 Å². The minimum Gasteiger partial charge on any atom is -0.444 e. The van der Waals surface area contributed by atoms with E-state index in [0.29, 0.717) is 12.2 Å². The molecule has 27 heavy (non-hydrogen) atoms. The Bertz CT molecular complexity index is 699. The lowest BCUT2D eigenvalue weighted by atomic mass is 9.99. The molecule has 1 unspecified atom stereocenters. The average Bonchev–Trinajstić information content (AvgIpc) is 2.58. The van der Waals surface area contributed by atoms with Crippen LogP contribution in [0.15, 0.2) is 18.2 Å². The maximum absolute atomic E-state index is 12.4. The van der Waals surface area contributed by atoms with E-state index in [9.17, 15) is 14.4 Å². The van der Waals surface area contributed by atoms with Crippen LogP contribution < -0.4 is 10.9 Å². The lowest BCUT2D eigenvalue weighted by Gasteiger charge is -2.36. The number of hydrazine groups is 1. The molecule has 1 aliphatic rings. The average molecular weight is 376 g/mol. The summed E-state index contributed by atoms with van der Waals surface area (Å²) in [6.45, 7) is 7.78. The largest absolute Gasteiger partial charge is 0.444 e. The quantitative estimate of drug-likeness (QED) is 0.789. The van der Waals surface area contributed by atoms with Gasteiger partial charge in [-0.05, 0) is 59.1 Å². The van der Waals surface area contributed by atoms with Gasteiger partial charge in [0.2, 0.25) is 5.91 Å². The fourth-order valence-corrected chi connectivity index (χ4v) is 2.90. The summed E-state index contributed by atoms with van der Waals surface area (Å²) in [5, 5.41) is 0. The van der Waals surface area contributed by atoms with Crippen molar-refractivity contribution in [1.29, 1.82) is 0 Å². The minimum atomic E-state index is -0.587. The fourth-order valence-electron chi connectivity index (χ4n) is 2.90. The van der Waals surface area contributed by atoms with E-state index < -0.39 is 17.6 Å². The van der Waals surface area contributed by atoms with E-state index in [1.54, 1.807) is 30.0 Å². The van der Waals surface area contributed by atoms with Crippen LogP contribution in [0.3, 0.4) is 0 Å². The Morgan fingerprint density at radius 3 is 2.63 bits per heavy atom. The van der Waals surface area contributed by atoms with Crippen LogP contribution in [0.2, 0.25) is 0 Å². The minimum absolute atomic E-state index is 0.0980. The Morgan fingerprint density at radius 2 is 1.96 bits per heavy atom. The van der Waals surface area contributed by atoms with Gasteiger partial charge in [-0.1, -0.05) is 6.07 Å². The molecule has 8 nitrogen and oxygen atoms in total. The number of carbonyl (C=O) groups excluding carboxylic acids is 3. The summed E-state index contributed by atoms with van der Waals surface area (Å²) in [7, 11) is 0. The van der Waals surface area contributed by atoms with Gasteiger partial charge in [0.1, 0.15) is 11.3 Å². The van der Waals surface area contributed by atoms with Crippen molar-refractivity contribution in [2.24, 2.45) is 0 Å². The zero-order valence-corrected chi connectivity index (χ0v) is 16.4. The van der Waals surface area contributed by atoms with Crippen molar-refractivity contribution in [3.63, 3.8) is 0 Å². The SMILES string of the molecule is Cc1cccc(C(=O)NNC(=O)CC2CCCCN2C(=O)OC(C)(C)C)n1. The maximum Gasteiger partial charge on any atom is 0.410 e. The predicted octanol–water partition coefficient (Wildman–Crippen LogP) is 2.33. The summed E-state index contributed by atoms with van der Waals surface area (Å²) in [6.07, 6.45) is 2.23. The second kappa shape index (κ2) is 8.83. The molecule has 8 heteroatoms. The number of amides is 3. The summed E-state index contributed by atoms with van der Waals surface area (Å²) >= 11 is 0. The third-order valence-corrected chi connectivity index (χ3v) is 4.11. The summed E-state index contributed by atoms with van der Waals surface area (Å²) in [5.41, 5.74) is 5.11. The third-order valence-electron chi connectivity index (χ3n) is 4.11. The van der Waals surface area contributed by atoms with Crippen molar-refractivity contribution in [1.82, 2.24) is 20.7 Å². The summed E-state index contributed by atoms with van der Waals surface area (Å²) in [6, 6.07) is 4.83. The number of hydrogen-bond donors (Lipinski definition) is 2. The molecule has 148 valence electrons. The highest BCUT2D eigenvalue weighted by molar-refractivity contribution is 5.93. The van der Waals surface area contributed by atoms with Gasteiger partial charge in [-0.3, -0.25) is 20.4 Å². The van der Waals surface area contributed by atoms with Crippen LogP contribution >= 0.6 is 0 Å². The molecule has 0 bridgehead atoms. The van der Waals surface area contributed by atoms with Gasteiger partial charge in [-0.25, -0.2) is 9.78 Å². The zero-order valence-electron chi connectivity index (χ0n) is 16.4. The van der Waals surface area contributed by atoms with Gasteiger partial charge in [-0.2, -0.15) is 0 Å². The molecule has 1 fully saturated rings.